The Morgan fingerprint density at radius 3 is 2.55 bits per heavy atom. The largest absolute Gasteiger partial charge is 0.392 e. The fraction of sp³-hybridized carbons (Fsp3) is 0.571. The summed E-state index contributed by atoms with van der Waals surface area (Å²) in [4.78, 5) is 0. The lowest BCUT2D eigenvalue weighted by molar-refractivity contribution is 0.282. The van der Waals surface area contributed by atoms with Crippen LogP contribution in [0, 0.1) is 0 Å². The van der Waals surface area contributed by atoms with Crippen molar-refractivity contribution in [2.75, 3.05) is 11.8 Å². The van der Waals surface area contributed by atoms with Crippen molar-refractivity contribution in [3.63, 3.8) is 0 Å². The molecule has 1 aliphatic carbocycles. The molecular formula is C14H22N2O3S. The molecule has 6 heteroatoms. The molecule has 0 saturated heterocycles. The normalized spacial score (nSPS) is 17.4. The highest BCUT2D eigenvalue weighted by atomic mass is 32.2. The van der Waals surface area contributed by atoms with Gasteiger partial charge < -0.3 is 5.11 Å². The van der Waals surface area contributed by atoms with Crippen LogP contribution in [0.3, 0.4) is 0 Å². The number of hydrogen-bond acceptors (Lipinski definition) is 3. The lowest BCUT2D eigenvalue weighted by atomic mass is 9.96. The highest BCUT2D eigenvalue weighted by molar-refractivity contribution is 7.90. The highest BCUT2D eigenvalue weighted by Crippen LogP contribution is 2.25. The smallest absolute Gasteiger partial charge is 0.301 e. The predicted octanol–water partition coefficient (Wildman–Crippen LogP) is 2.10. The summed E-state index contributed by atoms with van der Waals surface area (Å²) in [5.41, 5.74) is 1.02. The first kappa shape index (κ1) is 15.3. The molecule has 5 nitrogen and oxygen atoms in total. The van der Waals surface area contributed by atoms with Crippen molar-refractivity contribution in [3.05, 3.63) is 29.8 Å². The molecule has 0 heterocycles. The zero-order valence-electron chi connectivity index (χ0n) is 11.7. The van der Waals surface area contributed by atoms with Gasteiger partial charge in [-0.05, 0) is 18.9 Å². The maximum atomic E-state index is 12.4. The van der Waals surface area contributed by atoms with Crippen molar-refractivity contribution >= 4 is 15.9 Å². The fourth-order valence-electron chi connectivity index (χ4n) is 2.61. The van der Waals surface area contributed by atoms with E-state index in [4.69, 9.17) is 0 Å². The molecule has 0 atom stereocenters. The van der Waals surface area contributed by atoms with Crippen LogP contribution in [0.1, 0.15) is 37.7 Å². The zero-order chi connectivity index (χ0) is 14.6. The first-order chi connectivity index (χ1) is 9.54. The minimum atomic E-state index is -3.57. The van der Waals surface area contributed by atoms with Gasteiger partial charge in [0, 0.05) is 18.7 Å². The number of anilines is 1. The van der Waals surface area contributed by atoms with Gasteiger partial charge in [0.15, 0.2) is 0 Å². The molecule has 20 heavy (non-hydrogen) atoms. The summed E-state index contributed by atoms with van der Waals surface area (Å²) >= 11 is 0. The molecule has 0 unspecified atom stereocenters. The summed E-state index contributed by atoms with van der Waals surface area (Å²) in [6.07, 6.45) is 5.18. The molecule has 0 aliphatic heterocycles. The molecule has 0 bridgehead atoms. The molecular weight excluding hydrogens is 276 g/mol. The summed E-state index contributed by atoms with van der Waals surface area (Å²) in [6, 6.07) is 6.96. The van der Waals surface area contributed by atoms with Gasteiger partial charge in [-0.1, -0.05) is 37.5 Å². The molecule has 0 amide bonds. The van der Waals surface area contributed by atoms with E-state index in [1.165, 1.54) is 10.7 Å². The number of nitrogens with zero attached hydrogens (tertiary/aromatic N) is 1. The van der Waals surface area contributed by atoms with Crippen molar-refractivity contribution in [1.29, 1.82) is 0 Å². The Labute approximate surface area is 120 Å². The molecule has 1 aromatic rings. The molecule has 2 N–H and O–H groups in total. The summed E-state index contributed by atoms with van der Waals surface area (Å²) < 4.78 is 28.8. The average Bonchev–Trinajstić information content (AvgIpc) is 2.47. The van der Waals surface area contributed by atoms with E-state index < -0.39 is 10.2 Å². The van der Waals surface area contributed by atoms with Crippen LogP contribution in [0.5, 0.6) is 0 Å². The number of aliphatic hydroxyl groups excluding tert-OH is 1. The summed E-state index contributed by atoms with van der Waals surface area (Å²) in [6.45, 7) is -0.189. The standard InChI is InChI=1S/C14H22N2O3S/c1-16(13-8-3-2-4-9-13)20(18,19)15-14-10-6-5-7-12(14)11-17/h5-7,10,13,15,17H,2-4,8-9,11H2,1H3. The molecule has 1 fully saturated rings. The van der Waals surface area contributed by atoms with Crippen molar-refractivity contribution < 1.29 is 13.5 Å². The summed E-state index contributed by atoms with van der Waals surface area (Å²) in [7, 11) is -1.95. The van der Waals surface area contributed by atoms with Gasteiger partial charge in [-0.3, -0.25) is 4.72 Å². The van der Waals surface area contributed by atoms with Crippen LogP contribution in [-0.2, 0) is 16.8 Å². The van der Waals surface area contributed by atoms with Crippen molar-refractivity contribution in [2.45, 2.75) is 44.8 Å². The molecule has 112 valence electrons. The molecule has 0 aromatic heterocycles. The van der Waals surface area contributed by atoms with Gasteiger partial charge >= 0.3 is 10.2 Å². The van der Waals surface area contributed by atoms with Crippen molar-refractivity contribution in [1.82, 2.24) is 4.31 Å². The van der Waals surface area contributed by atoms with Gasteiger partial charge in [-0.25, -0.2) is 0 Å². The van der Waals surface area contributed by atoms with Crippen LogP contribution >= 0.6 is 0 Å². The third kappa shape index (κ3) is 3.50. The second-order valence-corrected chi connectivity index (χ2v) is 6.96. The Morgan fingerprint density at radius 1 is 1.25 bits per heavy atom. The lowest BCUT2D eigenvalue weighted by Crippen LogP contribution is -2.41. The second-order valence-electron chi connectivity index (χ2n) is 5.23. The van der Waals surface area contributed by atoms with Crippen molar-refractivity contribution in [2.24, 2.45) is 0 Å². The SMILES string of the molecule is CN(C1CCCCC1)S(=O)(=O)Nc1ccccc1CO. The first-order valence-corrected chi connectivity index (χ1v) is 8.43. The summed E-state index contributed by atoms with van der Waals surface area (Å²) in [5, 5.41) is 9.25. The minimum absolute atomic E-state index is 0.0718. The molecule has 1 aromatic carbocycles. The zero-order valence-corrected chi connectivity index (χ0v) is 12.6. The third-order valence-corrected chi connectivity index (χ3v) is 5.43. The average molecular weight is 298 g/mol. The number of aliphatic hydroxyl groups is 1. The molecule has 0 radical (unpaired) electrons. The molecule has 0 spiro atoms. The van der Waals surface area contributed by atoms with E-state index in [2.05, 4.69) is 4.72 Å². The Kier molecular flexibility index (Phi) is 5.01. The van der Waals surface area contributed by atoms with Gasteiger partial charge in [-0.15, -0.1) is 0 Å². The Morgan fingerprint density at radius 2 is 1.90 bits per heavy atom. The topological polar surface area (TPSA) is 69.6 Å². The highest BCUT2D eigenvalue weighted by Gasteiger charge is 2.27. The number of nitrogens with one attached hydrogen (secondary N) is 1. The monoisotopic (exact) mass is 298 g/mol. The van der Waals surface area contributed by atoms with Crippen LogP contribution in [0.4, 0.5) is 5.69 Å². The quantitative estimate of drug-likeness (QED) is 0.874. The fourth-order valence-corrected chi connectivity index (χ4v) is 3.83. The molecule has 2 rings (SSSR count). The van der Waals surface area contributed by atoms with Gasteiger partial charge in [0.05, 0.1) is 12.3 Å². The van der Waals surface area contributed by atoms with Gasteiger partial charge in [0.25, 0.3) is 0 Å². The summed E-state index contributed by atoms with van der Waals surface area (Å²) in [5.74, 6) is 0. The van der Waals surface area contributed by atoms with Crippen LogP contribution < -0.4 is 4.72 Å². The van der Waals surface area contributed by atoms with E-state index in [1.807, 2.05) is 0 Å². The van der Waals surface area contributed by atoms with E-state index in [-0.39, 0.29) is 12.6 Å². The van der Waals surface area contributed by atoms with Crippen LogP contribution in [-0.4, -0.2) is 30.9 Å². The van der Waals surface area contributed by atoms with Crippen LogP contribution in [0.2, 0.25) is 0 Å². The second kappa shape index (κ2) is 6.56. The Bertz CT molecular complexity index is 539. The minimum Gasteiger partial charge on any atom is -0.392 e. The van der Waals surface area contributed by atoms with E-state index in [9.17, 15) is 13.5 Å². The number of hydrogen-bond donors (Lipinski definition) is 2. The first-order valence-electron chi connectivity index (χ1n) is 6.99. The maximum absolute atomic E-state index is 12.4. The lowest BCUT2D eigenvalue weighted by Gasteiger charge is -2.30. The van der Waals surface area contributed by atoms with E-state index in [1.54, 1.807) is 31.3 Å². The van der Waals surface area contributed by atoms with Crippen molar-refractivity contribution in [3.8, 4) is 0 Å². The van der Waals surface area contributed by atoms with Crippen LogP contribution in [0.15, 0.2) is 24.3 Å². The number of para-hydroxylation sites is 1. The number of rotatable bonds is 5. The van der Waals surface area contributed by atoms with Gasteiger partial charge in [-0.2, -0.15) is 12.7 Å². The van der Waals surface area contributed by atoms with Gasteiger partial charge in [0.2, 0.25) is 0 Å². The number of benzene rings is 1. The van der Waals surface area contributed by atoms with Crippen LogP contribution in [0.25, 0.3) is 0 Å². The predicted molar refractivity (Wildman–Crippen MR) is 79.5 cm³/mol. The van der Waals surface area contributed by atoms with E-state index >= 15 is 0 Å². The Balaban J connectivity index is 2.13. The van der Waals surface area contributed by atoms with E-state index in [0.29, 0.717) is 11.3 Å². The maximum Gasteiger partial charge on any atom is 0.301 e. The molecule has 1 saturated carbocycles. The van der Waals surface area contributed by atoms with Gasteiger partial charge in [0.1, 0.15) is 0 Å². The molecule has 1 aliphatic rings. The third-order valence-electron chi connectivity index (χ3n) is 3.89. The van der Waals surface area contributed by atoms with E-state index in [0.717, 1.165) is 25.7 Å². The Hall–Kier alpha value is -1.11.